The fourth-order valence-electron chi connectivity index (χ4n) is 2.65. The lowest BCUT2D eigenvalue weighted by atomic mass is 10.1. The normalized spacial score (nSPS) is 21.4. The predicted molar refractivity (Wildman–Crippen MR) is 78.5 cm³/mol. The Morgan fingerprint density at radius 2 is 2.38 bits per heavy atom. The second-order valence-corrected chi connectivity index (χ2v) is 5.28. The molecule has 1 aromatic carbocycles. The minimum absolute atomic E-state index is 0.119. The van der Waals surface area contributed by atoms with Crippen LogP contribution in [0.5, 0.6) is 0 Å². The summed E-state index contributed by atoms with van der Waals surface area (Å²) in [5, 5.41) is 5.64. The Hall–Kier alpha value is -2.08. The van der Waals surface area contributed by atoms with Crippen LogP contribution in [-0.2, 0) is 4.74 Å². The van der Waals surface area contributed by atoms with E-state index in [1.54, 1.807) is 23.1 Å². The van der Waals surface area contributed by atoms with Gasteiger partial charge in [-0.25, -0.2) is 4.79 Å². The van der Waals surface area contributed by atoms with E-state index in [-0.39, 0.29) is 18.0 Å². The third-order valence-electron chi connectivity index (χ3n) is 3.79. The Balaban J connectivity index is 1.64. The molecule has 0 bridgehead atoms. The molecule has 1 atom stereocenters. The minimum Gasteiger partial charge on any atom is -0.376 e. The number of rotatable bonds is 4. The summed E-state index contributed by atoms with van der Waals surface area (Å²) in [6.07, 6.45) is 2.18. The molecule has 0 aromatic heterocycles. The molecule has 0 spiro atoms. The number of amides is 3. The summed E-state index contributed by atoms with van der Waals surface area (Å²) in [6.45, 7) is 2.57. The SMILES string of the molecule is O=C(NC[C@H]1CCCO1)c1cccc(N2CCNC2=O)c1. The first-order valence-electron chi connectivity index (χ1n) is 7.29. The number of carbonyl (C=O) groups excluding carboxylic acids is 2. The summed E-state index contributed by atoms with van der Waals surface area (Å²) >= 11 is 0. The van der Waals surface area contributed by atoms with E-state index < -0.39 is 0 Å². The first kappa shape index (κ1) is 13.9. The number of urea groups is 1. The third-order valence-corrected chi connectivity index (χ3v) is 3.79. The number of nitrogens with one attached hydrogen (secondary N) is 2. The number of benzene rings is 1. The van der Waals surface area contributed by atoms with E-state index in [0.29, 0.717) is 25.2 Å². The fourth-order valence-corrected chi connectivity index (χ4v) is 2.65. The van der Waals surface area contributed by atoms with Gasteiger partial charge in [0.25, 0.3) is 5.91 Å². The number of hydrogen-bond donors (Lipinski definition) is 2. The quantitative estimate of drug-likeness (QED) is 0.872. The number of anilines is 1. The van der Waals surface area contributed by atoms with Gasteiger partial charge in [-0.05, 0) is 31.0 Å². The van der Waals surface area contributed by atoms with Gasteiger partial charge in [0.15, 0.2) is 0 Å². The molecule has 6 heteroatoms. The van der Waals surface area contributed by atoms with Crippen LogP contribution < -0.4 is 15.5 Å². The van der Waals surface area contributed by atoms with Gasteiger partial charge in [0.2, 0.25) is 0 Å². The second-order valence-electron chi connectivity index (χ2n) is 5.28. The maximum absolute atomic E-state index is 12.2. The maximum Gasteiger partial charge on any atom is 0.321 e. The van der Waals surface area contributed by atoms with Crippen molar-refractivity contribution in [3.8, 4) is 0 Å². The van der Waals surface area contributed by atoms with Gasteiger partial charge < -0.3 is 15.4 Å². The molecule has 0 radical (unpaired) electrons. The average molecular weight is 289 g/mol. The average Bonchev–Trinajstić information content (AvgIpc) is 3.16. The van der Waals surface area contributed by atoms with E-state index in [1.807, 2.05) is 6.07 Å². The van der Waals surface area contributed by atoms with E-state index in [0.717, 1.165) is 25.1 Å². The van der Waals surface area contributed by atoms with Crippen LogP contribution in [0.4, 0.5) is 10.5 Å². The largest absolute Gasteiger partial charge is 0.376 e. The van der Waals surface area contributed by atoms with E-state index in [9.17, 15) is 9.59 Å². The zero-order chi connectivity index (χ0) is 14.7. The van der Waals surface area contributed by atoms with E-state index in [2.05, 4.69) is 10.6 Å². The zero-order valence-corrected chi connectivity index (χ0v) is 11.8. The van der Waals surface area contributed by atoms with Crippen molar-refractivity contribution in [3.63, 3.8) is 0 Å². The lowest BCUT2D eigenvalue weighted by Crippen LogP contribution is -2.32. The Labute approximate surface area is 123 Å². The Morgan fingerprint density at radius 1 is 1.48 bits per heavy atom. The molecule has 1 aromatic rings. The van der Waals surface area contributed by atoms with E-state index >= 15 is 0 Å². The van der Waals surface area contributed by atoms with Crippen LogP contribution in [0.2, 0.25) is 0 Å². The van der Waals surface area contributed by atoms with Gasteiger partial charge >= 0.3 is 6.03 Å². The van der Waals surface area contributed by atoms with Crippen molar-refractivity contribution >= 4 is 17.6 Å². The summed E-state index contributed by atoms with van der Waals surface area (Å²) < 4.78 is 5.48. The molecule has 2 saturated heterocycles. The highest BCUT2D eigenvalue weighted by Gasteiger charge is 2.22. The molecule has 2 heterocycles. The monoisotopic (exact) mass is 289 g/mol. The number of carbonyl (C=O) groups is 2. The molecule has 0 saturated carbocycles. The van der Waals surface area contributed by atoms with Crippen LogP contribution in [0.25, 0.3) is 0 Å². The van der Waals surface area contributed by atoms with E-state index in [4.69, 9.17) is 4.74 Å². The second kappa shape index (κ2) is 6.13. The molecule has 3 rings (SSSR count). The van der Waals surface area contributed by atoms with Crippen molar-refractivity contribution in [1.82, 2.24) is 10.6 Å². The molecule has 0 unspecified atom stereocenters. The predicted octanol–water partition coefficient (Wildman–Crippen LogP) is 1.12. The van der Waals surface area contributed by atoms with Gasteiger partial charge in [0.1, 0.15) is 0 Å². The number of ether oxygens (including phenoxy) is 1. The highest BCUT2D eigenvalue weighted by molar-refractivity contribution is 5.98. The van der Waals surface area contributed by atoms with Crippen molar-refractivity contribution in [2.45, 2.75) is 18.9 Å². The fraction of sp³-hybridized carbons (Fsp3) is 0.467. The summed E-state index contributed by atoms with van der Waals surface area (Å²) in [5.74, 6) is -0.132. The highest BCUT2D eigenvalue weighted by atomic mass is 16.5. The van der Waals surface area contributed by atoms with Crippen molar-refractivity contribution in [2.75, 3.05) is 31.1 Å². The summed E-state index contributed by atoms with van der Waals surface area (Å²) in [6, 6.07) is 7.01. The van der Waals surface area contributed by atoms with Crippen molar-refractivity contribution in [2.24, 2.45) is 0 Å². The smallest absolute Gasteiger partial charge is 0.321 e. The van der Waals surface area contributed by atoms with Crippen LogP contribution in [-0.4, -0.2) is 44.3 Å². The van der Waals surface area contributed by atoms with Gasteiger partial charge in [0, 0.05) is 37.5 Å². The molecule has 3 amide bonds. The molecule has 6 nitrogen and oxygen atoms in total. The topological polar surface area (TPSA) is 70.7 Å². The first-order chi connectivity index (χ1) is 10.2. The molecule has 112 valence electrons. The van der Waals surface area contributed by atoms with Gasteiger partial charge in [-0.2, -0.15) is 0 Å². The summed E-state index contributed by atoms with van der Waals surface area (Å²) in [4.78, 5) is 25.5. The lowest BCUT2D eigenvalue weighted by molar-refractivity contribution is 0.0858. The van der Waals surface area contributed by atoms with Crippen LogP contribution in [0.1, 0.15) is 23.2 Å². The summed E-state index contributed by atoms with van der Waals surface area (Å²) in [5.41, 5.74) is 1.31. The van der Waals surface area contributed by atoms with Crippen molar-refractivity contribution in [1.29, 1.82) is 0 Å². The van der Waals surface area contributed by atoms with Gasteiger partial charge in [0.05, 0.1) is 6.10 Å². The Bertz CT molecular complexity index is 541. The number of hydrogen-bond acceptors (Lipinski definition) is 3. The van der Waals surface area contributed by atoms with Crippen LogP contribution in [0.15, 0.2) is 24.3 Å². The molecular formula is C15H19N3O3. The third kappa shape index (κ3) is 3.16. The first-order valence-corrected chi connectivity index (χ1v) is 7.29. The van der Waals surface area contributed by atoms with Crippen LogP contribution in [0.3, 0.4) is 0 Å². The zero-order valence-electron chi connectivity index (χ0n) is 11.8. The Kier molecular flexibility index (Phi) is 4.06. The minimum atomic E-state index is -0.132. The van der Waals surface area contributed by atoms with Gasteiger partial charge in [-0.15, -0.1) is 0 Å². The summed E-state index contributed by atoms with van der Waals surface area (Å²) in [7, 11) is 0. The maximum atomic E-state index is 12.2. The Morgan fingerprint density at radius 3 is 3.10 bits per heavy atom. The molecular weight excluding hydrogens is 270 g/mol. The molecule has 2 N–H and O–H groups in total. The van der Waals surface area contributed by atoms with Crippen LogP contribution >= 0.6 is 0 Å². The molecule has 2 aliphatic rings. The number of nitrogens with zero attached hydrogens (tertiary/aromatic N) is 1. The highest BCUT2D eigenvalue weighted by Crippen LogP contribution is 2.18. The molecule has 2 aliphatic heterocycles. The van der Waals surface area contributed by atoms with E-state index in [1.165, 1.54) is 0 Å². The van der Waals surface area contributed by atoms with Crippen molar-refractivity contribution < 1.29 is 14.3 Å². The van der Waals surface area contributed by atoms with Gasteiger partial charge in [-0.1, -0.05) is 6.07 Å². The van der Waals surface area contributed by atoms with Gasteiger partial charge in [-0.3, -0.25) is 9.69 Å². The molecule has 2 fully saturated rings. The molecule has 21 heavy (non-hydrogen) atoms. The lowest BCUT2D eigenvalue weighted by Gasteiger charge is -2.15. The van der Waals surface area contributed by atoms with Crippen molar-refractivity contribution in [3.05, 3.63) is 29.8 Å². The standard InChI is InChI=1S/C15H19N3O3/c19-14(17-10-13-5-2-8-21-13)11-3-1-4-12(9-11)18-7-6-16-15(18)20/h1,3-4,9,13H,2,5-8,10H2,(H,16,20)(H,17,19)/t13-/m1/s1. The van der Waals surface area contributed by atoms with Crippen LogP contribution in [0, 0.1) is 0 Å². The molecule has 0 aliphatic carbocycles.